The van der Waals surface area contributed by atoms with E-state index in [1.54, 1.807) is 6.08 Å². The minimum absolute atomic E-state index is 0.0150. The molecule has 1 aromatic rings. The van der Waals surface area contributed by atoms with Crippen LogP contribution in [0.1, 0.15) is 69.8 Å². The van der Waals surface area contributed by atoms with E-state index in [0.717, 1.165) is 25.7 Å². The largest absolute Gasteiger partial charge is 0.481 e. The SMILES string of the molecule is O=C(O)C/C=C(/CCc1ccccc1)NC(=O)CCCCCCCC1C=CC=CC1. The van der Waals surface area contributed by atoms with Crippen molar-refractivity contribution >= 4 is 11.9 Å². The highest BCUT2D eigenvalue weighted by Crippen LogP contribution is 2.19. The monoisotopic (exact) mass is 409 g/mol. The summed E-state index contributed by atoms with van der Waals surface area (Å²) in [6.45, 7) is 0. The summed E-state index contributed by atoms with van der Waals surface area (Å²) in [5.74, 6) is -0.201. The van der Waals surface area contributed by atoms with Gasteiger partial charge in [0.05, 0.1) is 6.42 Å². The van der Waals surface area contributed by atoms with Gasteiger partial charge in [0, 0.05) is 12.1 Å². The Kier molecular flexibility index (Phi) is 11.3. The molecule has 0 aliphatic heterocycles. The van der Waals surface area contributed by atoms with Gasteiger partial charge in [0.2, 0.25) is 5.91 Å². The molecule has 1 unspecified atom stereocenters. The van der Waals surface area contributed by atoms with Gasteiger partial charge in [0.15, 0.2) is 0 Å². The lowest BCUT2D eigenvalue weighted by Gasteiger charge is -2.12. The first-order chi connectivity index (χ1) is 14.6. The number of hydrogen-bond donors (Lipinski definition) is 2. The molecule has 4 nitrogen and oxygen atoms in total. The molecule has 30 heavy (non-hydrogen) atoms. The molecule has 1 atom stereocenters. The Labute approximate surface area is 180 Å². The zero-order valence-corrected chi connectivity index (χ0v) is 17.9. The Morgan fingerprint density at radius 1 is 1.00 bits per heavy atom. The van der Waals surface area contributed by atoms with Gasteiger partial charge >= 0.3 is 5.97 Å². The van der Waals surface area contributed by atoms with Crippen molar-refractivity contribution in [2.75, 3.05) is 0 Å². The number of nitrogens with one attached hydrogen (secondary N) is 1. The fraction of sp³-hybridized carbons (Fsp3) is 0.462. The number of rotatable bonds is 14. The van der Waals surface area contributed by atoms with E-state index in [1.807, 2.05) is 30.3 Å². The van der Waals surface area contributed by atoms with E-state index in [0.29, 0.717) is 24.5 Å². The number of unbranched alkanes of at least 4 members (excludes halogenated alkanes) is 4. The van der Waals surface area contributed by atoms with E-state index in [4.69, 9.17) is 5.11 Å². The zero-order valence-electron chi connectivity index (χ0n) is 17.9. The number of carboxylic acids is 1. The maximum absolute atomic E-state index is 12.3. The number of amides is 1. The summed E-state index contributed by atoms with van der Waals surface area (Å²) < 4.78 is 0. The molecule has 0 aromatic heterocycles. The van der Waals surface area contributed by atoms with Gasteiger partial charge in [-0.25, -0.2) is 0 Å². The van der Waals surface area contributed by atoms with Crippen molar-refractivity contribution in [1.82, 2.24) is 5.32 Å². The van der Waals surface area contributed by atoms with Crippen LogP contribution in [0.25, 0.3) is 0 Å². The molecule has 0 bridgehead atoms. The highest BCUT2D eigenvalue weighted by atomic mass is 16.4. The van der Waals surface area contributed by atoms with Crippen LogP contribution in [-0.4, -0.2) is 17.0 Å². The summed E-state index contributed by atoms with van der Waals surface area (Å²) in [6, 6.07) is 10.0. The lowest BCUT2D eigenvalue weighted by atomic mass is 9.94. The molecule has 0 fully saturated rings. The molecule has 2 N–H and O–H groups in total. The van der Waals surface area contributed by atoms with Crippen LogP contribution in [-0.2, 0) is 16.0 Å². The number of carbonyl (C=O) groups is 2. The fourth-order valence-corrected chi connectivity index (χ4v) is 3.66. The third-order valence-corrected chi connectivity index (χ3v) is 5.40. The van der Waals surface area contributed by atoms with E-state index < -0.39 is 5.97 Å². The number of carboxylic acid groups (broad SMARTS) is 1. The van der Waals surface area contributed by atoms with E-state index in [9.17, 15) is 9.59 Å². The van der Waals surface area contributed by atoms with Crippen LogP contribution < -0.4 is 5.32 Å². The Hall–Kier alpha value is -2.62. The molecule has 0 heterocycles. The molecule has 1 aliphatic carbocycles. The summed E-state index contributed by atoms with van der Waals surface area (Å²) in [5, 5.41) is 11.9. The van der Waals surface area contributed by atoms with Crippen LogP contribution in [0.3, 0.4) is 0 Å². The first-order valence-electron chi connectivity index (χ1n) is 11.2. The second-order valence-corrected chi connectivity index (χ2v) is 7.98. The Morgan fingerprint density at radius 2 is 1.77 bits per heavy atom. The van der Waals surface area contributed by atoms with Crippen LogP contribution >= 0.6 is 0 Å². The molecule has 2 rings (SSSR count). The lowest BCUT2D eigenvalue weighted by molar-refractivity contribution is -0.136. The van der Waals surface area contributed by atoms with Gasteiger partial charge in [0.1, 0.15) is 0 Å². The lowest BCUT2D eigenvalue weighted by Crippen LogP contribution is -2.23. The average molecular weight is 410 g/mol. The quantitative estimate of drug-likeness (QED) is 0.373. The van der Waals surface area contributed by atoms with Crippen molar-refractivity contribution in [3.05, 3.63) is 72.0 Å². The molecule has 162 valence electrons. The number of allylic oxidation sites excluding steroid dienone is 5. The van der Waals surface area contributed by atoms with Crippen LogP contribution in [0.2, 0.25) is 0 Å². The summed E-state index contributed by atoms with van der Waals surface area (Å²) in [5.41, 5.74) is 1.88. The second kappa shape index (κ2) is 14.4. The highest BCUT2D eigenvalue weighted by molar-refractivity contribution is 5.78. The van der Waals surface area contributed by atoms with Gasteiger partial charge in [-0.15, -0.1) is 0 Å². The van der Waals surface area contributed by atoms with E-state index in [2.05, 4.69) is 29.6 Å². The van der Waals surface area contributed by atoms with Crippen LogP contribution in [0, 0.1) is 5.92 Å². The molecule has 1 amide bonds. The molecule has 0 spiro atoms. The molecular formula is C26H35NO3. The molecule has 0 radical (unpaired) electrons. The first-order valence-corrected chi connectivity index (χ1v) is 11.2. The summed E-state index contributed by atoms with van der Waals surface area (Å²) in [4.78, 5) is 23.2. The molecular weight excluding hydrogens is 374 g/mol. The minimum atomic E-state index is -0.888. The third kappa shape index (κ3) is 10.8. The smallest absolute Gasteiger partial charge is 0.307 e. The predicted molar refractivity (Wildman–Crippen MR) is 122 cm³/mol. The molecule has 1 aliphatic rings. The van der Waals surface area contributed by atoms with Crippen molar-refractivity contribution in [1.29, 1.82) is 0 Å². The average Bonchev–Trinajstić information content (AvgIpc) is 2.76. The number of carbonyl (C=O) groups excluding carboxylic acids is 1. The van der Waals surface area contributed by atoms with Gasteiger partial charge in [-0.1, -0.05) is 86.4 Å². The molecule has 0 saturated carbocycles. The van der Waals surface area contributed by atoms with Crippen molar-refractivity contribution < 1.29 is 14.7 Å². The number of aryl methyl sites for hydroxylation is 1. The van der Waals surface area contributed by atoms with Crippen molar-refractivity contribution in [3.8, 4) is 0 Å². The Balaban J connectivity index is 1.61. The molecule has 4 heteroatoms. The summed E-state index contributed by atoms with van der Waals surface area (Å²) in [6.07, 6.45) is 20.2. The summed E-state index contributed by atoms with van der Waals surface area (Å²) in [7, 11) is 0. The minimum Gasteiger partial charge on any atom is -0.481 e. The van der Waals surface area contributed by atoms with E-state index in [-0.39, 0.29) is 12.3 Å². The highest BCUT2D eigenvalue weighted by Gasteiger charge is 2.07. The maximum Gasteiger partial charge on any atom is 0.307 e. The number of benzene rings is 1. The molecule has 0 saturated heterocycles. The van der Waals surface area contributed by atoms with Crippen molar-refractivity contribution in [3.63, 3.8) is 0 Å². The van der Waals surface area contributed by atoms with Crippen molar-refractivity contribution in [2.24, 2.45) is 5.92 Å². The van der Waals surface area contributed by atoms with Crippen molar-refractivity contribution in [2.45, 2.75) is 70.6 Å². The van der Waals surface area contributed by atoms with Gasteiger partial charge < -0.3 is 10.4 Å². The van der Waals surface area contributed by atoms with Gasteiger partial charge in [-0.05, 0) is 43.6 Å². The zero-order chi connectivity index (χ0) is 21.4. The third-order valence-electron chi connectivity index (χ3n) is 5.40. The Morgan fingerprint density at radius 3 is 2.50 bits per heavy atom. The maximum atomic E-state index is 12.3. The first kappa shape index (κ1) is 23.7. The second-order valence-electron chi connectivity index (χ2n) is 7.98. The topological polar surface area (TPSA) is 66.4 Å². The summed E-state index contributed by atoms with van der Waals surface area (Å²) >= 11 is 0. The van der Waals surface area contributed by atoms with Crippen LogP contribution in [0.15, 0.2) is 66.4 Å². The number of aliphatic carboxylic acids is 1. The Bertz CT molecular complexity index is 734. The van der Waals surface area contributed by atoms with E-state index >= 15 is 0 Å². The normalized spacial score (nSPS) is 15.9. The van der Waals surface area contributed by atoms with Crippen LogP contribution in [0.5, 0.6) is 0 Å². The number of hydrogen-bond acceptors (Lipinski definition) is 2. The molecule has 1 aromatic carbocycles. The predicted octanol–water partition coefficient (Wildman–Crippen LogP) is 5.96. The van der Waals surface area contributed by atoms with Gasteiger partial charge in [0.25, 0.3) is 0 Å². The van der Waals surface area contributed by atoms with E-state index in [1.165, 1.54) is 31.2 Å². The van der Waals surface area contributed by atoms with Gasteiger partial charge in [-0.3, -0.25) is 9.59 Å². The fourth-order valence-electron chi connectivity index (χ4n) is 3.66. The van der Waals surface area contributed by atoms with Gasteiger partial charge in [-0.2, -0.15) is 0 Å². The standard InChI is InChI=1S/C26H35NO3/c28-25(17-11-3-1-2-6-12-22-13-7-4-8-14-22)27-24(20-21-26(29)30)19-18-23-15-9-5-10-16-23/h4-5,7-10,13,15-16,20,22H,1-3,6,11-12,14,17-19,21H2,(H,27,28)(H,29,30)/b24-20-. The van der Waals surface area contributed by atoms with Crippen LogP contribution in [0.4, 0.5) is 0 Å².